The second-order valence-electron chi connectivity index (χ2n) is 3.66. The predicted octanol–water partition coefficient (Wildman–Crippen LogP) is 1.02. The molecule has 78 valence electrons. The molecule has 0 aromatic carbocycles. The van der Waals surface area contributed by atoms with Crippen molar-refractivity contribution in [3.05, 3.63) is 0 Å². The van der Waals surface area contributed by atoms with Gasteiger partial charge in [-0.1, -0.05) is 0 Å². The molecule has 1 amide bonds. The Morgan fingerprint density at radius 1 is 1.23 bits per heavy atom. The fourth-order valence-electron chi connectivity index (χ4n) is 0.733. The molecule has 0 atom stereocenters. The number of ether oxygens (including phenoxy) is 1. The molecule has 13 heavy (non-hydrogen) atoms. The van der Waals surface area contributed by atoms with E-state index in [4.69, 9.17) is 4.74 Å². The van der Waals surface area contributed by atoms with Crippen LogP contribution >= 0.6 is 0 Å². The van der Waals surface area contributed by atoms with Gasteiger partial charge in [0.05, 0.1) is 6.10 Å². The Labute approximate surface area is 80.5 Å². The molecule has 0 spiro atoms. The number of likely N-dealkylation sites (N-methyl/N-ethyl adjacent to an activating group) is 2. The van der Waals surface area contributed by atoms with Gasteiger partial charge >= 0.3 is 6.09 Å². The zero-order chi connectivity index (χ0) is 10.4. The lowest BCUT2D eigenvalue weighted by molar-refractivity contribution is 0.0824. The monoisotopic (exact) mass is 188 g/mol. The lowest BCUT2D eigenvalue weighted by Crippen LogP contribution is -2.34. The third-order valence-corrected chi connectivity index (χ3v) is 1.53. The number of carbonyl (C=O) groups excluding carboxylic acids is 1. The van der Waals surface area contributed by atoms with Crippen molar-refractivity contribution in [3.63, 3.8) is 0 Å². The molecule has 0 radical (unpaired) electrons. The maximum absolute atomic E-state index is 11.3. The minimum absolute atomic E-state index is 0.0469. The SMILES string of the molecule is CC(C)OC(=O)N(C)CCN(C)C. The van der Waals surface area contributed by atoms with E-state index < -0.39 is 0 Å². The fourth-order valence-corrected chi connectivity index (χ4v) is 0.733. The number of rotatable bonds is 4. The van der Waals surface area contributed by atoms with E-state index in [-0.39, 0.29) is 12.2 Å². The first-order valence-electron chi connectivity index (χ1n) is 4.50. The van der Waals surface area contributed by atoms with Crippen molar-refractivity contribution >= 4 is 6.09 Å². The second kappa shape index (κ2) is 5.80. The van der Waals surface area contributed by atoms with E-state index in [1.54, 1.807) is 11.9 Å². The molecule has 0 unspecified atom stereocenters. The minimum atomic E-state index is -0.253. The van der Waals surface area contributed by atoms with Gasteiger partial charge in [0.2, 0.25) is 0 Å². The highest BCUT2D eigenvalue weighted by molar-refractivity contribution is 5.67. The van der Waals surface area contributed by atoms with Crippen LogP contribution in [-0.4, -0.2) is 56.2 Å². The van der Waals surface area contributed by atoms with Crippen molar-refractivity contribution in [1.82, 2.24) is 9.80 Å². The highest BCUT2D eigenvalue weighted by Crippen LogP contribution is 1.95. The summed E-state index contributed by atoms with van der Waals surface area (Å²) in [6, 6.07) is 0. The maximum atomic E-state index is 11.3. The van der Waals surface area contributed by atoms with E-state index >= 15 is 0 Å². The van der Waals surface area contributed by atoms with Crippen LogP contribution in [0.1, 0.15) is 13.8 Å². The van der Waals surface area contributed by atoms with Gasteiger partial charge < -0.3 is 14.5 Å². The van der Waals surface area contributed by atoms with Gasteiger partial charge in [-0.15, -0.1) is 0 Å². The van der Waals surface area contributed by atoms with Crippen molar-refractivity contribution in [2.24, 2.45) is 0 Å². The number of hydrogen-bond acceptors (Lipinski definition) is 3. The topological polar surface area (TPSA) is 32.8 Å². The average Bonchev–Trinajstić information content (AvgIpc) is 1.98. The van der Waals surface area contributed by atoms with E-state index in [0.717, 1.165) is 6.54 Å². The molecule has 4 nitrogen and oxygen atoms in total. The van der Waals surface area contributed by atoms with Gasteiger partial charge in [-0.05, 0) is 27.9 Å². The largest absolute Gasteiger partial charge is 0.447 e. The average molecular weight is 188 g/mol. The molecule has 0 rings (SSSR count). The third-order valence-electron chi connectivity index (χ3n) is 1.53. The van der Waals surface area contributed by atoms with Crippen LogP contribution < -0.4 is 0 Å². The summed E-state index contributed by atoms with van der Waals surface area (Å²) in [6.45, 7) is 5.23. The minimum Gasteiger partial charge on any atom is -0.447 e. The van der Waals surface area contributed by atoms with Crippen LogP contribution in [0.25, 0.3) is 0 Å². The molecule has 0 fully saturated rings. The molecule has 0 aliphatic carbocycles. The molecule has 0 saturated heterocycles. The number of hydrogen-bond donors (Lipinski definition) is 0. The quantitative estimate of drug-likeness (QED) is 0.660. The highest BCUT2D eigenvalue weighted by Gasteiger charge is 2.10. The lowest BCUT2D eigenvalue weighted by atomic mass is 10.5. The van der Waals surface area contributed by atoms with E-state index in [2.05, 4.69) is 0 Å². The summed E-state index contributed by atoms with van der Waals surface area (Å²) >= 11 is 0. The van der Waals surface area contributed by atoms with Gasteiger partial charge in [-0.2, -0.15) is 0 Å². The van der Waals surface area contributed by atoms with Crippen molar-refractivity contribution in [3.8, 4) is 0 Å². The normalized spacial score (nSPS) is 10.7. The van der Waals surface area contributed by atoms with Crippen LogP contribution in [0, 0.1) is 0 Å². The van der Waals surface area contributed by atoms with Crippen LogP contribution in [0.3, 0.4) is 0 Å². The number of carbonyl (C=O) groups is 1. The van der Waals surface area contributed by atoms with E-state index in [9.17, 15) is 4.79 Å². The van der Waals surface area contributed by atoms with E-state index in [0.29, 0.717) is 6.54 Å². The summed E-state index contributed by atoms with van der Waals surface area (Å²) in [6.07, 6.45) is -0.300. The Morgan fingerprint density at radius 3 is 2.15 bits per heavy atom. The molecule has 0 bridgehead atoms. The van der Waals surface area contributed by atoms with Gasteiger partial charge in [-0.3, -0.25) is 0 Å². The molecule has 0 aromatic heterocycles. The third kappa shape index (κ3) is 6.40. The Balaban J connectivity index is 3.69. The van der Waals surface area contributed by atoms with Gasteiger partial charge in [-0.25, -0.2) is 4.79 Å². The summed E-state index contributed by atoms with van der Waals surface area (Å²) in [5, 5.41) is 0. The Morgan fingerprint density at radius 2 is 1.77 bits per heavy atom. The Hall–Kier alpha value is -0.770. The number of amides is 1. The van der Waals surface area contributed by atoms with Gasteiger partial charge in [0.15, 0.2) is 0 Å². The lowest BCUT2D eigenvalue weighted by Gasteiger charge is -2.20. The van der Waals surface area contributed by atoms with Crippen LogP contribution in [0.4, 0.5) is 4.79 Å². The summed E-state index contributed by atoms with van der Waals surface area (Å²) in [7, 11) is 5.69. The first-order valence-corrected chi connectivity index (χ1v) is 4.50. The number of nitrogens with zero attached hydrogens (tertiary/aromatic N) is 2. The van der Waals surface area contributed by atoms with Crippen molar-refractivity contribution in [2.45, 2.75) is 20.0 Å². The van der Waals surface area contributed by atoms with Gasteiger partial charge in [0.1, 0.15) is 0 Å². The molecule has 0 aromatic rings. The first-order chi connectivity index (χ1) is 5.93. The van der Waals surface area contributed by atoms with Crippen molar-refractivity contribution in [1.29, 1.82) is 0 Å². The molecule has 0 aliphatic heterocycles. The summed E-state index contributed by atoms with van der Waals surface area (Å²) in [5.74, 6) is 0. The zero-order valence-corrected chi connectivity index (χ0v) is 9.20. The van der Waals surface area contributed by atoms with Gasteiger partial charge in [0, 0.05) is 20.1 Å². The molecule has 4 heteroatoms. The summed E-state index contributed by atoms with van der Waals surface area (Å²) in [5.41, 5.74) is 0. The second-order valence-corrected chi connectivity index (χ2v) is 3.66. The molecule has 0 heterocycles. The van der Waals surface area contributed by atoms with Crippen LogP contribution in [0.5, 0.6) is 0 Å². The fraction of sp³-hybridized carbons (Fsp3) is 0.889. The molecule has 0 saturated carbocycles. The molecule has 0 N–H and O–H groups in total. The van der Waals surface area contributed by atoms with Crippen LogP contribution in [0.2, 0.25) is 0 Å². The summed E-state index contributed by atoms with van der Waals surface area (Å²) in [4.78, 5) is 14.9. The highest BCUT2D eigenvalue weighted by atomic mass is 16.6. The Kier molecular flexibility index (Phi) is 5.46. The first kappa shape index (κ1) is 12.2. The maximum Gasteiger partial charge on any atom is 0.409 e. The van der Waals surface area contributed by atoms with Crippen LogP contribution in [0.15, 0.2) is 0 Å². The van der Waals surface area contributed by atoms with Crippen molar-refractivity contribution in [2.75, 3.05) is 34.2 Å². The molecular weight excluding hydrogens is 168 g/mol. The van der Waals surface area contributed by atoms with Gasteiger partial charge in [0.25, 0.3) is 0 Å². The molecular formula is C9H20N2O2. The van der Waals surface area contributed by atoms with Crippen LogP contribution in [-0.2, 0) is 4.74 Å². The zero-order valence-electron chi connectivity index (χ0n) is 9.20. The Bertz CT molecular complexity index is 158. The predicted molar refractivity (Wildman–Crippen MR) is 52.8 cm³/mol. The standard InChI is InChI=1S/C9H20N2O2/c1-8(2)13-9(12)11(5)7-6-10(3)4/h8H,6-7H2,1-5H3. The van der Waals surface area contributed by atoms with E-state index in [1.807, 2.05) is 32.8 Å². The van der Waals surface area contributed by atoms with E-state index in [1.165, 1.54) is 0 Å². The van der Waals surface area contributed by atoms with Crippen molar-refractivity contribution < 1.29 is 9.53 Å². The molecule has 0 aliphatic rings. The summed E-state index contributed by atoms with van der Waals surface area (Å²) < 4.78 is 5.01. The smallest absolute Gasteiger partial charge is 0.409 e.